The molecule has 38 nitrogen and oxygen atoms in total. The van der Waals surface area contributed by atoms with Gasteiger partial charge in [0.1, 0.15) is 83.8 Å². The van der Waals surface area contributed by atoms with E-state index < -0.39 is 186 Å². The van der Waals surface area contributed by atoms with Crippen LogP contribution in [0.5, 0.6) is 0 Å². The molecular weight excluding hydrogens is 1530 g/mol. The van der Waals surface area contributed by atoms with Gasteiger partial charge >= 0.3 is 0 Å². The molecule has 1 aliphatic rings. The van der Waals surface area contributed by atoms with E-state index in [4.69, 9.17) is 5.73 Å². The number of nitrogens with two attached hydrogens (primary N) is 1. The number of hydrogen-bond acceptors (Lipinski definition) is 21. The fourth-order valence-corrected chi connectivity index (χ4v) is 12.9. The maximum atomic E-state index is 14.7. The van der Waals surface area contributed by atoms with E-state index in [0.717, 1.165) is 6.92 Å². The second kappa shape index (κ2) is 48.9. The Bertz CT molecular complexity index is 3980. The van der Waals surface area contributed by atoms with Crippen LogP contribution >= 0.6 is 11.8 Å². The van der Waals surface area contributed by atoms with Crippen molar-refractivity contribution in [2.75, 3.05) is 45.7 Å². The summed E-state index contributed by atoms with van der Waals surface area (Å²) in [5.41, 5.74) is 7.41. The summed E-state index contributed by atoms with van der Waals surface area (Å²) in [6, 6.07) is -8.85. The molecule has 3 heterocycles. The van der Waals surface area contributed by atoms with Crippen molar-refractivity contribution in [3.8, 4) is 0 Å². The molecule has 1 saturated heterocycles. The topological polar surface area (TPSA) is 562 Å². The SMILES string of the molecule is CN=C(N)NCCC[C@H](NC(=O)[C@H](CCC(C)=O)NC(=O)[C@@H]1CCC(=O)N1C)C(=O)N[C@@H](CC(C)C)C(=O)NCC(=O)N[C@@H](CC(C)=O)C(=O)N[C@@H](CCC(C)=O)C(=O)N[C@@H](Cc1c[nH]c2ccccc12)C(=O)N[C@@H](C)C(=O)N[C@H](C(=O)NCC(=O)N[C@@H](Cc1cnc[nH]1)C(=O)N[C@@H](CC(C)C)C(=O)N[C@@H](CCSC)C(C)=O)C(C)C. The average Bonchev–Trinajstić information content (AvgIpc) is 1.56. The third-order valence-corrected chi connectivity index (χ3v) is 19.6. The highest BCUT2D eigenvalue weighted by molar-refractivity contribution is 7.98. The number of nitrogens with one attached hydrogen (secondary N) is 16. The Morgan fingerprint density at radius 3 is 1.58 bits per heavy atom. The largest absolute Gasteiger partial charge is 0.370 e. The number of likely N-dealkylation sites (tertiary alicyclic amines) is 1. The second-order valence-electron chi connectivity index (χ2n) is 30.2. The maximum absolute atomic E-state index is 14.7. The van der Waals surface area contributed by atoms with Crippen LogP contribution in [0.15, 0.2) is 48.0 Å². The smallest absolute Gasteiger partial charge is 0.243 e. The molecule has 0 aliphatic carbocycles. The van der Waals surface area contributed by atoms with Gasteiger partial charge in [-0.15, -0.1) is 0 Å². The van der Waals surface area contributed by atoms with Crippen LogP contribution in [0.1, 0.15) is 164 Å². The number of fused-ring (bicyclic) bond motifs is 1. The molecule has 0 spiro atoms. The predicted molar refractivity (Wildman–Crippen MR) is 430 cm³/mol. The standard InChI is InChI=1S/C77H118N20O18S/c1-40(2)30-56(93-68(107)53(20-17-28-81-77(78)79-12)90-69(108)55(24-22-44(8)99)92-75(114)61-25-26-64(104)97(61)13)67(106)83-37-62(102)87-58(32-45(9)100)73(112)91-54(23-21-43(7)98)70(109)95-59(33-48-35-82-52-19-16-15-18-50(48)52)71(110)86-46(10)66(105)96-65(42(5)6)76(115)84-38-63(103)88-60(34-49-36-80-39-85-49)74(113)94-57(31-41(3)4)72(111)89-51(47(11)101)27-29-116-14/h15-16,18-19,35-36,39-42,46,51,53-61,65,82H,17,20-34,37-38H2,1-14H3,(H,80,85)(H,83,106)(H,84,115)(H,86,110)(H,87,102)(H,88,103)(H,89,111)(H,90,108)(H,91,112)(H,92,114)(H,93,107)(H,94,113)(H,95,109)(H,96,105)(H3,78,79,81)/t46-,51-,53-,54-,55-,56-,57-,58-,59-,60-,61-,65-/m0/s1. The van der Waals surface area contributed by atoms with E-state index in [0.29, 0.717) is 34.3 Å². The number of guanidine groups is 1. The van der Waals surface area contributed by atoms with Crippen molar-refractivity contribution in [2.24, 2.45) is 28.5 Å². The number of amides is 14. The first-order chi connectivity index (χ1) is 54.7. The quantitative estimate of drug-likeness (QED) is 0.0165. The minimum absolute atomic E-state index is 0.0164. The molecule has 0 saturated carbocycles. The number of aromatic nitrogens is 3. The zero-order valence-corrected chi connectivity index (χ0v) is 69.4. The number of aliphatic imine (C=N–C) groups is 1. The van der Waals surface area contributed by atoms with Crippen LogP contribution in [0.3, 0.4) is 0 Å². The molecule has 18 N–H and O–H groups in total. The van der Waals surface area contributed by atoms with E-state index in [1.807, 2.05) is 20.1 Å². The van der Waals surface area contributed by atoms with Crippen molar-refractivity contribution in [3.05, 3.63) is 54.2 Å². The van der Waals surface area contributed by atoms with Crippen LogP contribution in [-0.2, 0) is 99.1 Å². The van der Waals surface area contributed by atoms with E-state index in [2.05, 4.69) is 94.4 Å². The fraction of sp³-hybridized carbons (Fsp3) is 0.610. The van der Waals surface area contributed by atoms with Crippen molar-refractivity contribution < 1.29 is 86.3 Å². The molecule has 640 valence electrons. The van der Waals surface area contributed by atoms with Gasteiger partial charge in [-0.05, 0) is 127 Å². The molecule has 3 aromatic rings. The number of rotatable bonds is 51. The maximum Gasteiger partial charge on any atom is 0.243 e. The first-order valence-corrected chi connectivity index (χ1v) is 40.2. The van der Waals surface area contributed by atoms with Crippen molar-refractivity contribution in [2.45, 2.75) is 239 Å². The summed E-state index contributed by atoms with van der Waals surface area (Å²) in [6.45, 7) is 15.3. The molecule has 14 amide bonds. The monoisotopic (exact) mass is 1640 g/mol. The van der Waals surface area contributed by atoms with Gasteiger partial charge in [-0.25, -0.2) is 4.98 Å². The minimum Gasteiger partial charge on any atom is -0.370 e. The highest BCUT2D eigenvalue weighted by atomic mass is 32.2. The number of nitrogens with zero attached hydrogens (tertiary/aromatic N) is 3. The summed E-state index contributed by atoms with van der Waals surface area (Å²) >= 11 is 1.50. The van der Waals surface area contributed by atoms with Crippen molar-refractivity contribution in [3.63, 3.8) is 0 Å². The lowest BCUT2D eigenvalue weighted by atomic mass is 10.0. The Hall–Kier alpha value is -11.1. The normalized spacial score (nSPS) is 15.6. The summed E-state index contributed by atoms with van der Waals surface area (Å²) in [6.07, 6.45) is 5.21. The van der Waals surface area contributed by atoms with Gasteiger partial charge in [0.15, 0.2) is 11.7 Å². The third kappa shape index (κ3) is 33.7. The van der Waals surface area contributed by atoms with E-state index in [1.165, 1.54) is 71.0 Å². The number of likely N-dealkylation sites (N-methyl/N-ethyl adjacent to an activating group) is 1. The number of thioether (sulfide) groups is 1. The molecular formula is C77H118N20O18S. The number of hydrogen-bond donors (Lipinski definition) is 17. The first-order valence-electron chi connectivity index (χ1n) is 38.8. The number of carbonyl (C=O) groups is 18. The lowest BCUT2D eigenvalue weighted by Gasteiger charge is -2.27. The van der Waals surface area contributed by atoms with Gasteiger partial charge in [0.05, 0.1) is 25.5 Å². The predicted octanol–water partition coefficient (Wildman–Crippen LogP) is -2.00. The zero-order valence-electron chi connectivity index (χ0n) is 68.6. The number of H-pyrrole nitrogens is 2. The average molecular weight is 1640 g/mol. The minimum atomic E-state index is -1.72. The van der Waals surface area contributed by atoms with Crippen molar-refractivity contribution >= 4 is 134 Å². The summed E-state index contributed by atoms with van der Waals surface area (Å²) in [5, 5.41) is 37.1. The molecule has 4 rings (SSSR count). The highest BCUT2D eigenvalue weighted by Gasteiger charge is 2.39. The third-order valence-electron chi connectivity index (χ3n) is 18.9. The lowest BCUT2D eigenvalue weighted by Crippen LogP contribution is -2.60. The molecule has 1 aromatic carbocycles. The molecule has 2 aromatic heterocycles. The molecule has 0 unspecified atom stereocenters. The fourth-order valence-electron chi connectivity index (χ4n) is 12.4. The number of carbonyl (C=O) groups excluding carboxylic acids is 18. The number of para-hydroxylation sites is 1. The summed E-state index contributed by atoms with van der Waals surface area (Å²) < 4.78 is 0. The Morgan fingerprint density at radius 1 is 0.552 bits per heavy atom. The van der Waals surface area contributed by atoms with E-state index in [9.17, 15) is 86.3 Å². The molecule has 116 heavy (non-hydrogen) atoms. The number of ketones is 4. The van der Waals surface area contributed by atoms with Gasteiger partial charge in [0.25, 0.3) is 0 Å². The van der Waals surface area contributed by atoms with E-state index in [-0.39, 0.29) is 119 Å². The Balaban J connectivity index is 1.51. The molecule has 0 bridgehead atoms. The second-order valence-corrected chi connectivity index (χ2v) is 31.2. The van der Waals surface area contributed by atoms with E-state index >= 15 is 0 Å². The summed E-state index contributed by atoms with van der Waals surface area (Å²) in [5.74, 6) is -13.4. The Labute approximate surface area is 679 Å². The first kappa shape index (κ1) is 97.2. The molecule has 1 aliphatic heterocycles. The number of aromatic amines is 2. The molecule has 1 fully saturated rings. The van der Waals surface area contributed by atoms with Crippen molar-refractivity contribution in [1.29, 1.82) is 0 Å². The van der Waals surface area contributed by atoms with Gasteiger partial charge in [0.2, 0.25) is 82.7 Å². The van der Waals surface area contributed by atoms with Crippen LogP contribution in [0.4, 0.5) is 0 Å². The van der Waals surface area contributed by atoms with Crippen LogP contribution in [-0.4, -0.2) is 250 Å². The van der Waals surface area contributed by atoms with E-state index in [1.54, 1.807) is 58.2 Å². The zero-order chi connectivity index (χ0) is 86.6. The van der Waals surface area contributed by atoms with Gasteiger partial charge in [-0.1, -0.05) is 59.7 Å². The van der Waals surface area contributed by atoms with Gasteiger partial charge in [0, 0.05) is 88.2 Å². The molecule has 0 radical (unpaired) electrons. The van der Waals surface area contributed by atoms with Crippen LogP contribution in [0, 0.1) is 17.8 Å². The summed E-state index contributed by atoms with van der Waals surface area (Å²) in [4.78, 5) is 260. The van der Waals surface area contributed by atoms with Crippen LogP contribution < -0.4 is 80.2 Å². The molecule has 12 atom stereocenters. The number of imidazole rings is 1. The Morgan fingerprint density at radius 2 is 1.05 bits per heavy atom. The van der Waals surface area contributed by atoms with Gasteiger partial charge < -0.3 is 105 Å². The summed E-state index contributed by atoms with van der Waals surface area (Å²) in [7, 11) is 2.90. The highest BCUT2D eigenvalue weighted by Crippen LogP contribution is 2.21. The lowest BCUT2D eigenvalue weighted by molar-refractivity contribution is -0.137. The van der Waals surface area contributed by atoms with Gasteiger partial charge in [-0.3, -0.25) is 81.7 Å². The number of Topliss-reactive ketones (excluding diaryl/α,β-unsaturated/α-hetero) is 4. The number of benzene rings is 1. The van der Waals surface area contributed by atoms with Gasteiger partial charge in [-0.2, -0.15) is 11.8 Å². The van der Waals surface area contributed by atoms with Crippen LogP contribution in [0.2, 0.25) is 0 Å². The van der Waals surface area contributed by atoms with Crippen molar-refractivity contribution in [1.82, 2.24) is 94.3 Å². The Kier molecular flexibility index (Phi) is 41.0. The van der Waals surface area contributed by atoms with Crippen LogP contribution in [0.25, 0.3) is 10.9 Å². The molecule has 39 heteroatoms.